The lowest BCUT2D eigenvalue weighted by Gasteiger charge is -2.11. The summed E-state index contributed by atoms with van der Waals surface area (Å²) in [6.07, 6.45) is 44.8. The summed E-state index contributed by atoms with van der Waals surface area (Å²) in [5.74, 6) is -0.0417. The predicted molar refractivity (Wildman–Crippen MR) is 286 cm³/mol. The lowest BCUT2D eigenvalue weighted by atomic mass is 10.1. The van der Waals surface area contributed by atoms with Crippen molar-refractivity contribution >= 4 is 11.8 Å². The molecule has 10 heteroatoms. The summed E-state index contributed by atoms with van der Waals surface area (Å²) in [5.41, 5.74) is 16.4. The van der Waals surface area contributed by atoms with Crippen molar-refractivity contribution < 1.29 is 15.1 Å². The highest BCUT2D eigenvalue weighted by atomic mass is 16.2. The molecule has 0 aliphatic rings. The van der Waals surface area contributed by atoms with E-state index in [-0.39, 0.29) is 58.4 Å². The number of amides is 2. The van der Waals surface area contributed by atoms with Crippen LogP contribution in [0.5, 0.6) is 0 Å². The summed E-state index contributed by atoms with van der Waals surface area (Å²) >= 11 is 0. The average Bonchev–Trinajstić information content (AvgIpc) is 3.30. The summed E-state index contributed by atoms with van der Waals surface area (Å²) in [6.45, 7) is 13.3. The van der Waals surface area contributed by atoms with Gasteiger partial charge in [0.2, 0.25) is 11.8 Å². The van der Waals surface area contributed by atoms with Crippen molar-refractivity contribution in [2.75, 3.05) is 13.1 Å². The minimum Gasteiger partial charge on any atom is -0.356 e. The molecule has 64 heavy (non-hydrogen) atoms. The SMILES string of the molecule is C.C.[2H]C(CCCCCCCCCC)CN=[N+]=[N-].[2H]C(CCCCCCCCCC)CNC(C)=O.[2H]CC(CCCCCCCCCC)N=[N+]=[N-].[2H]CC(CCCCCCCCCC)NC(C)=O. The zero-order valence-electron chi connectivity index (χ0n) is 46.1. The van der Waals surface area contributed by atoms with Crippen LogP contribution in [0.25, 0.3) is 20.9 Å². The van der Waals surface area contributed by atoms with Gasteiger partial charge >= 0.3 is 0 Å². The van der Waals surface area contributed by atoms with Crippen LogP contribution < -0.4 is 10.6 Å². The Labute approximate surface area is 406 Å². The molecule has 0 saturated carbocycles. The average molecular weight is 914 g/mol. The van der Waals surface area contributed by atoms with Crippen molar-refractivity contribution in [2.24, 2.45) is 10.2 Å². The largest absolute Gasteiger partial charge is 0.356 e. The highest BCUT2D eigenvalue weighted by molar-refractivity contribution is 5.73. The Balaban J connectivity index is -0.000000187. The van der Waals surface area contributed by atoms with E-state index in [2.05, 4.69) is 58.4 Å². The van der Waals surface area contributed by atoms with Crippen LogP contribution in [0.15, 0.2) is 10.2 Å². The minimum absolute atomic E-state index is 0. The number of hydrogen-bond acceptors (Lipinski definition) is 4. The molecule has 2 N–H and O–H groups in total. The Bertz CT molecular complexity index is 1080. The minimum atomic E-state index is -0.198. The van der Waals surface area contributed by atoms with Gasteiger partial charge in [0.05, 0.1) is 0 Å². The van der Waals surface area contributed by atoms with Gasteiger partial charge in [-0.3, -0.25) is 9.59 Å². The first-order valence-corrected chi connectivity index (χ1v) is 26.0. The normalized spacial score (nSPS) is 12.7. The first kappa shape index (κ1) is 63.6. The number of hydrogen-bond donors (Lipinski definition) is 2. The lowest BCUT2D eigenvalue weighted by Crippen LogP contribution is -2.30. The van der Waals surface area contributed by atoms with Crippen LogP contribution in [-0.4, -0.2) is 37.0 Å². The molecule has 0 bridgehead atoms. The van der Waals surface area contributed by atoms with Gasteiger partial charge in [-0.05, 0) is 43.6 Å². The molecule has 0 aliphatic carbocycles. The predicted octanol–water partition coefficient (Wildman–Crippen LogP) is 19.8. The van der Waals surface area contributed by atoms with Gasteiger partial charge in [0.25, 0.3) is 0 Å². The van der Waals surface area contributed by atoms with E-state index < -0.39 is 0 Å². The molecule has 0 aromatic rings. The first-order valence-electron chi connectivity index (χ1n) is 28.6. The molecular weight excluding hydrogens is 793 g/mol. The molecule has 0 saturated heterocycles. The summed E-state index contributed by atoms with van der Waals surface area (Å²) in [4.78, 5) is 26.9. The number of nitrogens with zero attached hydrogens (tertiary/aromatic N) is 6. The third-order valence-electron chi connectivity index (χ3n) is 10.7. The molecule has 4 unspecified atom stereocenters. The van der Waals surface area contributed by atoms with E-state index in [4.69, 9.17) is 16.5 Å². The van der Waals surface area contributed by atoms with Gasteiger partial charge in [0.15, 0.2) is 0 Å². The van der Waals surface area contributed by atoms with Crippen LogP contribution in [0.1, 0.15) is 320 Å². The first-order chi connectivity index (χ1) is 32.0. The van der Waals surface area contributed by atoms with E-state index in [1.165, 1.54) is 194 Å². The monoisotopic (exact) mass is 913 g/mol. The molecule has 0 radical (unpaired) electrons. The maximum absolute atomic E-state index is 10.9. The Morgan fingerprint density at radius 3 is 1.19 bits per heavy atom. The van der Waals surface area contributed by atoms with Crippen molar-refractivity contribution in [3.05, 3.63) is 20.9 Å². The van der Waals surface area contributed by atoms with Gasteiger partial charge in [-0.25, -0.2) is 0 Å². The Morgan fingerprint density at radius 1 is 0.500 bits per heavy atom. The summed E-state index contributed by atoms with van der Waals surface area (Å²) in [6, 6.07) is -0.0438. The molecular formula is C54H116N8O2. The topological polar surface area (TPSA) is 156 Å². The van der Waals surface area contributed by atoms with E-state index in [9.17, 15) is 9.59 Å². The standard InChI is InChI=1S/2C14H29NO.2C12H25N3.2CH4/c1-4-5-6-7-8-9-10-11-12-13(2)15-14(3)16;1-3-4-5-6-7-8-9-10-11-12-13-15-14(2)16;1-3-4-5-6-7-8-9-10-11-12(2)14-15-13;1-2-3-4-5-6-7-8-9-10-11-12-14-15-13;;/h13H,4-12H2,1-3H3,(H,15,16);3-13H2,1-2H3,(H,15,16);12H,3-11H2,1-2H3;2-12H2,1H3;2*1H4/i2D;12D;2D;11D;;. The van der Waals surface area contributed by atoms with Gasteiger partial charge < -0.3 is 10.6 Å². The second-order valence-electron chi connectivity index (χ2n) is 17.2. The molecule has 10 nitrogen and oxygen atoms in total. The van der Waals surface area contributed by atoms with Crippen LogP contribution in [0.3, 0.4) is 0 Å². The van der Waals surface area contributed by atoms with Crippen LogP contribution in [-0.2, 0) is 9.59 Å². The molecule has 0 aliphatic heterocycles. The van der Waals surface area contributed by atoms with Crippen LogP contribution in [0, 0.1) is 0 Å². The smallest absolute Gasteiger partial charge is 0.217 e. The number of rotatable bonds is 42. The number of nitrogens with one attached hydrogen (secondary N) is 2. The van der Waals surface area contributed by atoms with Crippen LogP contribution >= 0.6 is 0 Å². The fraction of sp³-hybridized carbons (Fsp3) is 0.963. The van der Waals surface area contributed by atoms with Gasteiger partial charge in [0, 0.05) is 54.3 Å². The molecule has 0 aromatic carbocycles. The third-order valence-corrected chi connectivity index (χ3v) is 10.7. The Kier molecular flexibility index (Phi) is 69.2. The highest BCUT2D eigenvalue weighted by Crippen LogP contribution is 2.14. The molecule has 384 valence electrons. The molecule has 0 heterocycles. The summed E-state index contributed by atoms with van der Waals surface area (Å²) in [7, 11) is 0. The van der Waals surface area contributed by atoms with Crippen molar-refractivity contribution in [3.8, 4) is 0 Å². The van der Waals surface area contributed by atoms with Crippen molar-refractivity contribution in [3.63, 3.8) is 0 Å². The highest BCUT2D eigenvalue weighted by Gasteiger charge is 2.02. The number of carbonyl (C=O) groups excluding carboxylic acids is 2. The molecule has 4 atom stereocenters. The Hall–Kier alpha value is -2.44. The van der Waals surface area contributed by atoms with Crippen LogP contribution in [0.2, 0.25) is 0 Å². The molecule has 0 fully saturated rings. The summed E-state index contributed by atoms with van der Waals surface area (Å²) < 4.78 is 29.8. The van der Waals surface area contributed by atoms with E-state index in [0.717, 1.165) is 51.4 Å². The van der Waals surface area contributed by atoms with E-state index >= 15 is 0 Å². The second-order valence-corrected chi connectivity index (χ2v) is 17.2. The fourth-order valence-electron chi connectivity index (χ4n) is 6.88. The van der Waals surface area contributed by atoms with E-state index in [0.29, 0.717) is 20.0 Å². The number of unbranched alkanes of at least 4 members (excludes halogenated alkanes) is 28. The zero-order valence-corrected chi connectivity index (χ0v) is 42.1. The van der Waals surface area contributed by atoms with Crippen molar-refractivity contribution in [2.45, 2.75) is 326 Å². The lowest BCUT2D eigenvalue weighted by molar-refractivity contribution is -0.120. The molecule has 0 spiro atoms. The third kappa shape index (κ3) is 83.2. The Morgan fingerprint density at radius 2 is 0.859 bits per heavy atom. The fourth-order valence-corrected chi connectivity index (χ4v) is 6.88. The number of carbonyl (C=O) groups is 2. The summed E-state index contributed by atoms with van der Waals surface area (Å²) in [5, 5.41) is 12.5. The molecule has 2 amide bonds. The second kappa shape index (κ2) is 69.6. The molecule has 0 rings (SSSR count). The van der Waals surface area contributed by atoms with Crippen molar-refractivity contribution in [1.29, 1.82) is 0 Å². The van der Waals surface area contributed by atoms with Crippen LogP contribution in [0.4, 0.5) is 0 Å². The van der Waals surface area contributed by atoms with Gasteiger partial charge in [-0.1, -0.05) is 278 Å². The quantitative estimate of drug-likeness (QED) is 0.0271. The zero-order chi connectivity index (χ0) is 50.0. The molecule has 0 aromatic heterocycles. The van der Waals surface area contributed by atoms with Crippen molar-refractivity contribution in [1.82, 2.24) is 10.6 Å². The van der Waals surface area contributed by atoms with Gasteiger partial charge in [0.1, 0.15) is 0 Å². The van der Waals surface area contributed by atoms with Gasteiger partial charge in [-0.2, -0.15) is 0 Å². The maximum Gasteiger partial charge on any atom is 0.217 e. The number of azide groups is 2. The van der Waals surface area contributed by atoms with E-state index in [1.54, 1.807) is 0 Å². The maximum atomic E-state index is 10.9. The van der Waals surface area contributed by atoms with E-state index in [1.807, 2.05) is 0 Å². The van der Waals surface area contributed by atoms with Gasteiger partial charge in [-0.15, -0.1) is 0 Å².